The molecule has 18 heavy (non-hydrogen) atoms. The molecule has 1 unspecified atom stereocenters. The van der Waals surface area contributed by atoms with E-state index in [0.29, 0.717) is 5.92 Å². The van der Waals surface area contributed by atoms with Crippen molar-refractivity contribution in [1.29, 1.82) is 0 Å². The Kier molecular flexibility index (Phi) is 6.36. The van der Waals surface area contributed by atoms with Gasteiger partial charge in [-0.1, -0.05) is 27.7 Å². The van der Waals surface area contributed by atoms with E-state index in [1.807, 2.05) is 12.5 Å². The van der Waals surface area contributed by atoms with Crippen LogP contribution in [0.15, 0.2) is 12.5 Å². The van der Waals surface area contributed by atoms with Crippen LogP contribution in [0.3, 0.4) is 0 Å². The molecule has 0 amide bonds. The van der Waals surface area contributed by atoms with E-state index in [0.717, 1.165) is 38.3 Å². The summed E-state index contributed by atoms with van der Waals surface area (Å²) < 4.78 is 2.20. The van der Waals surface area contributed by atoms with Crippen molar-refractivity contribution in [3.05, 3.63) is 18.2 Å². The maximum Gasteiger partial charge on any atom is 0.0948 e. The Morgan fingerprint density at radius 3 is 2.56 bits per heavy atom. The lowest BCUT2D eigenvalue weighted by molar-refractivity contribution is 0.292. The molecule has 1 aromatic rings. The minimum atomic E-state index is 0.0842. The average molecular weight is 252 g/mol. The van der Waals surface area contributed by atoms with Gasteiger partial charge < -0.3 is 15.2 Å². The monoisotopic (exact) mass is 252 g/mol. The summed E-state index contributed by atoms with van der Waals surface area (Å²) in [5, 5.41) is 0. The van der Waals surface area contributed by atoms with E-state index in [9.17, 15) is 0 Å². The number of hydrogen-bond acceptors (Lipinski definition) is 3. The average Bonchev–Trinajstić information content (AvgIpc) is 2.81. The molecule has 4 nitrogen and oxygen atoms in total. The zero-order valence-electron chi connectivity index (χ0n) is 12.3. The van der Waals surface area contributed by atoms with Gasteiger partial charge in [-0.05, 0) is 32.0 Å². The van der Waals surface area contributed by atoms with Crippen molar-refractivity contribution >= 4 is 0 Å². The van der Waals surface area contributed by atoms with Crippen molar-refractivity contribution in [2.45, 2.75) is 46.7 Å². The van der Waals surface area contributed by atoms with Crippen molar-refractivity contribution in [3.8, 4) is 0 Å². The predicted molar refractivity (Wildman–Crippen MR) is 76.4 cm³/mol. The van der Waals surface area contributed by atoms with Crippen molar-refractivity contribution in [1.82, 2.24) is 14.5 Å². The number of nitrogens with zero attached hydrogens (tertiary/aromatic N) is 3. The molecular formula is C14H28N4. The Morgan fingerprint density at radius 1 is 1.33 bits per heavy atom. The third kappa shape index (κ3) is 4.10. The molecule has 0 radical (unpaired) electrons. The van der Waals surface area contributed by atoms with Gasteiger partial charge in [0.25, 0.3) is 0 Å². The first-order valence-electron chi connectivity index (χ1n) is 7.08. The summed E-state index contributed by atoms with van der Waals surface area (Å²) in [7, 11) is 0. The number of nitrogens with two attached hydrogens (primary N) is 1. The molecule has 0 bridgehead atoms. The van der Waals surface area contributed by atoms with Crippen LogP contribution in [-0.4, -0.2) is 34.1 Å². The molecule has 0 saturated carbocycles. The van der Waals surface area contributed by atoms with E-state index in [-0.39, 0.29) is 6.04 Å². The van der Waals surface area contributed by atoms with E-state index in [1.165, 1.54) is 0 Å². The van der Waals surface area contributed by atoms with Gasteiger partial charge in [0.1, 0.15) is 0 Å². The fraction of sp³-hybridized carbons (Fsp3) is 0.786. The van der Waals surface area contributed by atoms with Crippen LogP contribution in [0.2, 0.25) is 0 Å². The first-order valence-corrected chi connectivity index (χ1v) is 7.08. The van der Waals surface area contributed by atoms with Crippen LogP contribution in [0.25, 0.3) is 0 Å². The SMILES string of the molecule is CCN(CC)CCCn1cncc1C(N)C(C)C. The molecule has 0 aliphatic carbocycles. The molecule has 0 aromatic carbocycles. The fourth-order valence-corrected chi connectivity index (χ4v) is 2.14. The minimum absolute atomic E-state index is 0.0842. The highest BCUT2D eigenvalue weighted by atomic mass is 15.1. The Hall–Kier alpha value is -0.870. The van der Waals surface area contributed by atoms with Crippen LogP contribution in [0.4, 0.5) is 0 Å². The van der Waals surface area contributed by atoms with Crippen molar-refractivity contribution in [3.63, 3.8) is 0 Å². The number of imidazole rings is 1. The Bertz CT molecular complexity index is 328. The van der Waals surface area contributed by atoms with Crippen molar-refractivity contribution in [2.24, 2.45) is 11.7 Å². The van der Waals surface area contributed by atoms with Gasteiger partial charge in [0, 0.05) is 18.8 Å². The number of rotatable bonds is 8. The zero-order valence-corrected chi connectivity index (χ0v) is 12.3. The third-order valence-corrected chi connectivity index (χ3v) is 3.57. The molecule has 1 heterocycles. The van der Waals surface area contributed by atoms with E-state index >= 15 is 0 Å². The summed E-state index contributed by atoms with van der Waals surface area (Å²) in [5.74, 6) is 0.447. The maximum atomic E-state index is 6.20. The van der Waals surface area contributed by atoms with Crippen LogP contribution in [0, 0.1) is 5.92 Å². The lowest BCUT2D eigenvalue weighted by atomic mass is 10.0. The molecule has 104 valence electrons. The number of aryl methyl sites for hydroxylation is 1. The third-order valence-electron chi connectivity index (χ3n) is 3.57. The molecule has 0 saturated heterocycles. The van der Waals surface area contributed by atoms with Gasteiger partial charge in [0.2, 0.25) is 0 Å². The van der Waals surface area contributed by atoms with Gasteiger partial charge in [-0.3, -0.25) is 0 Å². The van der Waals surface area contributed by atoms with Crippen LogP contribution >= 0.6 is 0 Å². The first kappa shape index (κ1) is 15.2. The van der Waals surface area contributed by atoms with E-state index in [2.05, 4.69) is 42.1 Å². The molecule has 1 atom stereocenters. The Labute approximate surface area is 111 Å². The summed E-state index contributed by atoms with van der Waals surface area (Å²) >= 11 is 0. The molecule has 1 rings (SSSR count). The normalized spacial score (nSPS) is 13.5. The summed E-state index contributed by atoms with van der Waals surface area (Å²) in [6.07, 6.45) is 4.96. The van der Waals surface area contributed by atoms with E-state index in [1.54, 1.807) is 0 Å². The van der Waals surface area contributed by atoms with Gasteiger partial charge in [0.05, 0.1) is 12.0 Å². The number of hydrogen-bond donors (Lipinski definition) is 1. The van der Waals surface area contributed by atoms with Crippen molar-refractivity contribution in [2.75, 3.05) is 19.6 Å². The Morgan fingerprint density at radius 2 is 2.00 bits per heavy atom. The smallest absolute Gasteiger partial charge is 0.0948 e. The summed E-state index contributed by atoms with van der Waals surface area (Å²) in [6.45, 7) is 13.1. The molecule has 1 aromatic heterocycles. The standard InChI is InChI=1S/C14H28N4/c1-5-17(6-2)8-7-9-18-11-16-10-13(18)14(15)12(3)4/h10-12,14H,5-9,15H2,1-4H3. The van der Waals surface area contributed by atoms with Crippen LogP contribution in [0.1, 0.15) is 45.9 Å². The first-order chi connectivity index (χ1) is 8.60. The van der Waals surface area contributed by atoms with Gasteiger partial charge >= 0.3 is 0 Å². The molecule has 4 heteroatoms. The summed E-state index contributed by atoms with van der Waals surface area (Å²) in [6, 6.07) is 0.0842. The highest BCUT2D eigenvalue weighted by Gasteiger charge is 2.14. The lowest BCUT2D eigenvalue weighted by Crippen LogP contribution is -2.25. The van der Waals surface area contributed by atoms with Gasteiger partial charge in [-0.2, -0.15) is 0 Å². The molecule has 0 aliphatic heterocycles. The van der Waals surface area contributed by atoms with Gasteiger partial charge in [-0.15, -0.1) is 0 Å². The number of aromatic nitrogens is 2. The van der Waals surface area contributed by atoms with Gasteiger partial charge in [-0.25, -0.2) is 4.98 Å². The molecule has 0 spiro atoms. The molecule has 0 fully saturated rings. The van der Waals surface area contributed by atoms with Gasteiger partial charge in [0.15, 0.2) is 0 Å². The fourth-order valence-electron chi connectivity index (χ4n) is 2.14. The zero-order chi connectivity index (χ0) is 13.5. The van der Waals surface area contributed by atoms with Crippen LogP contribution < -0.4 is 5.73 Å². The van der Waals surface area contributed by atoms with Crippen LogP contribution in [-0.2, 0) is 6.54 Å². The predicted octanol–water partition coefficient (Wildman–Crippen LogP) is 2.27. The quantitative estimate of drug-likeness (QED) is 0.772. The second-order valence-electron chi connectivity index (χ2n) is 5.16. The highest BCUT2D eigenvalue weighted by Crippen LogP contribution is 2.18. The second kappa shape index (κ2) is 7.54. The van der Waals surface area contributed by atoms with E-state index in [4.69, 9.17) is 5.73 Å². The minimum Gasteiger partial charge on any atom is -0.333 e. The second-order valence-corrected chi connectivity index (χ2v) is 5.16. The van der Waals surface area contributed by atoms with Crippen LogP contribution in [0.5, 0.6) is 0 Å². The topological polar surface area (TPSA) is 47.1 Å². The van der Waals surface area contributed by atoms with Crippen molar-refractivity contribution < 1.29 is 0 Å². The molecule has 0 aliphatic rings. The molecular weight excluding hydrogens is 224 g/mol. The highest BCUT2D eigenvalue weighted by molar-refractivity contribution is 5.05. The van der Waals surface area contributed by atoms with E-state index < -0.39 is 0 Å². The summed E-state index contributed by atoms with van der Waals surface area (Å²) in [5.41, 5.74) is 7.35. The Balaban J connectivity index is 2.50. The summed E-state index contributed by atoms with van der Waals surface area (Å²) in [4.78, 5) is 6.68. The maximum absolute atomic E-state index is 6.20. The largest absolute Gasteiger partial charge is 0.333 e. The molecule has 2 N–H and O–H groups in total. The lowest BCUT2D eigenvalue weighted by Gasteiger charge is -2.20.